The standard InChI is InChI=1S/C11H22BrNO2/c1-10(2,3)8(6-7-14)13-9(15)11(4,5)12/h8,14H,6-7H2,1-5H3,(H,13,15). The minimum absolute atomic E-state index is 0.00757. The molecule has 0 bridgehead atoms. The second-order valence-electron chi connectivity index (χ2n) is 5.38. The van der Waals surface area contributed by atoms with Crippen LogP contribution in [-0.4, -0.2) is 28.0 Å². The first-order valence-electron chi connectivity index (χ1n) is 5.19. The maximum Gasteiger partial charge on any atom is 0.236 e. The molecule has 0 fully saturated rings. The Bertz CT molecular complexity index is 216. The maximum absolute atomic E-state index is 11.8. The van der Waals surface area contributed by atoms with Crippen molar-refractivity contribution in [3.05, 3.63) is 0 Å². The van der Waals surface area contributed by atoms with E-state index in [0.717, 1.165) is 0 Å². The summed E-state index contributed by atoms with van der Waals surface area (Å²) in [5.74, 6) is -0.0455. The van der Waals surface area contributed by atoms with Crippen LogP contribution >= 0.6 is 15.9 Å². The smallest absolute Gasteiger partial charge is 0.236 e. The second kappa shape index (κ2) is 5.30. The van der Waals surface area contributed by atoms with E-state index in [1.165, 1.54) is 0 Å². The Morgan fingerprint density at radius 1 is 1.33 bits per heavy atom. The monoisotopic (exact) mass is 279 g/mol. The molecule has 0 heterocycles. The molecule has 90 valence electrons. The summed E-state index contributed by atoms with van der Waals surface area (Å²) in [6.45, 7) is 9.85. The van der Waals surface area contributed by atoms with Crippen LogP contribution in [0.3, 0.4) is 0 Å². The van der Waals surface area contributed by atoms with Crippen molar-refractivity contribution in [2.45, 2.75) is 51.4 Å². The quantitative estimate of drug-likeness (QED) is 0.775. The lowest BCUT2D eigenvalue weighted by atomic mass is 9.84. The molecule has 15 heavy (non-hydrogen) atoms. The SMILES string of the molecule is CC(C)(Br)C(=O)NC(CCO)C(C)(C)C. The van der Waals surface area contributed by atoms with Crippen LogP contribution in [0.1, 0.15) is 41.0 Å². The van der Waals surface area contributed by atoms with E-state index in [1.54, 1.807) is 13.8 Å². The van der Waals surface area contributed by atoms with Gasteiger partial charge >= 0.3 is 0 Å². The van der Waals surface area contributed by atoms with Crippen LogP contribution < -0.4 is 5.32 Å². The Labute approximate surface area is 101 Å². The lowest BCUT2D eigenvalue weighted by molar-refractivity contribution is -0.124. The molecule has 4 heteroatoms. The summed E-state index contributed by atoms with van der Waals surface area (Å²) >= 11 is 3.32. The molecule has 0 spiro atoms. The molecule has 0 saturated carbocycles. The molecule has 0 aliphatic rings. The Morgan fingerprint density at radius 2 is 1.80 bits per heavy atom. The molecular weight excluding hydrogens is 258 g/mol. The van der Waals surface area contributed by atoms with Crippen molar-refractivity contribution in [2.24, 2.45) is 5.41 Å². The van der Waals surface area contributed by atoms with Gasteiger partial charge in [0.1, 0.15) is 0 Å². The van der Waals surface area contributed by atoms with Gasteiger partial charge in [-0.2, -0.15) is 0 Å². The van der Waals surface area contributed by atoms with Crippen molar-refractivity contribution in [1.82, 2.24) is 5.32 Å². The highest BCUT2D eigenvalue weighted by Crippen LogP contribution is 2.23. The first-order chi connectivity index (χ1) is 6.59. The van der Waals surface area contributed by atoms with Gasteiger partial charge in [0, 0.05) is 12.6 Å². The predicted molar refractivity (Wildman–Crippen MR) is 66.1 cm³/mol. The zero-order valence-corrected chi connectivity index (χ0v) is 11.8. The molecule has 0 rings (SSSR count). The number of nitrogens with one attached hydrogen (secondary N) is 1. The van der Waals surface area contributed by atoms with Gasteiger partial charge in [-0.3, -0.25) is 4.79 Å². The lowest BCUT2D eigenvalue weighted by Crippen LogP contribution is -2.49. The zero-order chi connectivity index (χ0) is 12.3. The van der Waals surface area contributed by atoms with Crippen LogP contribution in [0.4, 0.5) is 0 Å². The summed E-state index contributed by atoms with van der Waals surface area (Å²) in [4.78, 5) is 11.8. The summed E-state index contributed by atoms with van der Waals surface area (Å²) in [5, 5.41) is 11.9. The number of carbonyl (C=O) groups is 1. The number of aliphatic hydroxyl groups is 1. The first kappa shape index (κ1) is 14.9. The molecule has 3 nitrogen and oxygen atoms in total. The Morgan fingerprint density at radius 3 is 2.07 bits per heavy atom. The molecule has 2 N–H and O–H groups in total. The van der Waals surface area contributed by atoms with Crippen LogP contribution in [0.15, 0.2) is 0 Å². The van der Waals surface area contributed by atoms with Crippen LogP contribution in [0, 0.1) is 5.41 Å². The number of halogens is 1. The highest BCUT2D eigenvalue weighted by Gasteiger charge is 2.30. The third-order valence-corrected chi connectivity index (χ3v) is 2.67. The minimum Gasteiger partial charge on any atom is -0.396 e. The van der Waals surface area contributed by atoms with Crippen molar-refractivity contribution in [1.29, 1.82) is 0 Å². The third-order valence-electron chi connectivity index (χ3n) is 2.31. The van der Waals surface area contributed by atoms with E-state index < -0.39 is 4.32 Å². The van der Waals surface area contributed by atoms with Crippen molar-refractivity contribution < 1.29 is 9.90 Å². The van der Waals surface area contributed by atoms with Crippen molar-refractivity contribution in [3.8, 4) is 0 Å². The molecule has 0 aliphatic carbocycles. The number of alkyl halides is 1. The fourth-order valence-corrected chi connectivity index (χ4v) is 1.30. The minimum atomic E-state index is -0.564. The summed E-state index contributed by atoms with van der Waals surface area (Å²) in [7, 11) is 0. The van der Waals surface area contributed by atoms with E-state index in [1.807, 2.05) is 0 Å². The van der Waals surface area contributed by atoms with Gasteiger partial charge in [0.25, 0.3) is 0 Å². The fraction of sp³-hybridized carbons (Fsp3) is 0.909. The van der Waals surface area contributed by atoms with Gasteiger partial charge in [0.05, 0.1) is 4.32 Å². The van der Waals surface area contributed by atoms with Crippen LogP contribution in [-0.2, 0) is 4.79 Å². The third kappa shape index (κ3) is 5.52. The summed E-state index contributed by atoms with van der Waals surface area (Å²) in [5.41, 5.74) is -0.0450. The summed E-state index contributed by atoms with van der Waals surface area (Å²) < 4.78 is -0.564. The van der Waals surface area contributed by atoms with E-state index in [4.69, 9.17) is 5.11 Å². The van der Waals surface area contributed by atoms with Crippen molar-refractivity contribution >= 4 is 21.8 Å². The lowest BCUT2D eigenvalue weighted by Gasteiger charge is -2.33. The van der Waals surface area contributed by atoms with Gasteiger partial charge in [-0.25, -0.2) is 0 Å². The van der Waals surface area contributed by atoms with Crippen LogP contribution in [0.2, 0.25) is 0 Å². The van der Waals surface area contributed by atoms with Crippen molar-refractivity contribution in [2.75, 3.05) is 6.61 Å². The van der Waals surface area contributed by atoms with Crippen molar-refractivity contribution in [3.63, 3.8) is 0 Å². The normalized spacial score (nSPS) is 14.9. The molecule has 0 aromatic carbocycles. The predicted octanol–water partition coefficient (Wildman–Crippen LogP) is 2.07. The first-order valence-corrected chi connectivity index (χ1v) is 5.99. The molecular formula is C11H22BrNO2. The van der Waals surface area contributed by atoms with Gasteiger partial charge in [-0.15, -0.1) is 0 Å². The number of amides is 1. The fourth-order valence-electron chi connectivity index (χ4n) is 1.18. The molecule has 0 aromatic heterocycles. The van der Waals surface area contributed by atoms with Crippen LogP contribution in [0.5, 0.6) is 0 Å². The highest BCUT2D eigenvalue weighted by atomic mass is 79.9. The average molecular weight is 280 g/mol. The zero-order valence-electron chi connectivity index (χ0n) is 10.2. The van der Waals surface area contributed by atoms with Gasteiger partial charge in [-0.05, 0) is 25.7 Å². The second-order valence-corrected chi connectivity index (χ2v) is 7.36. The van der Waals surface area contributed by atoms with E-state index in [2.05, 4.69) is 42.0 Å². The maximum atomic E-state index is 11.8. The number of hydrogen-bond acceptors (Lipinski definition) is 2. The van der Waals surface area contributed by atoms with E-state index in [-0.39, 0.29) is 24.0 Å². The Kier molecular flexibility index (Phi) is 5.27. The molecule has 0 saturated heterocycles. The van der Waals surface area contributed by atoms with Gasteiger partial charge < -0.3 is 10.4 Å². The summed E-state index contributed by atoms with van der Waals surface area (Å²) in [6, 6.07) is -0.00757. The highest BCUT2D eigenvalue weighted by molar-refractivity contribution is 9.10. The summed E-state index contributed by atoms with van der Waals surface area (Å²) in [6.07, 6.45) is 0.582. The largest absolute Gasteiger partial charge is 0.396 e. The van der Waals surface area contributed by atoms with Crippen LogP contribution in [0.25, 0.3) is 0 Å². The molecule has 1 amide bonds. The molecule has 0 aromatic rings. The number of aliphatic hydroxyl groups excluding tert-OH is 1. The molecule has 0 radical (unpaired) electrons. The van der Waals surface area contributed by atoms with E-state index >= 15 is 0 Å². The number of hydrogen-bond donors (Lipinski definition) is 2. The van der Waals surface area contributed by atoms with Gasteiger partial charge in [0.2, 0.25) is 5.91 Å². The molecule has 1 unspecified atom stereocenters. The van der Waals surface area contributed by atoms with E-state index in [9.17, 15) is 4.79 Å². The Hall–Kier alpha value is -0.0900. The number of rotatable bonds is 4. The number of carbonyl (C=O) groups excluding carboxylic acids is 1. The average Bonchev–Trinajstić information content (AvgIpc) is 1.99. The molecule has 1 atom stereocenters. The van der Waals surface area contributed by atoms with Gasteiger partial charge in [-0.1, -0.05) is 36.7 Å². The Balaban J connectivity index is 4.50. The van der Waals surface area contributed by atoms with Gasteiger partial charge in [0.15, 0.2) is 0 Å². The topological polar surface area (TPSA) is 49.3 Å². The van der Waals surface area contributed by atoms with E-state index in [0.29, 0.717) is 6.42 Å². The molecule has 0 aliphatic heterocycles.